The van der Waals surface area contributed by atoms with Gasteiger partial charge in [-0.15, -0.1) is 0 Å². The van der Waals surface area contributed by atoms with Crippen LogP contribution in [-0.2, 0) is 13.5 Å². The van der Waals surface area contributed by atoms with Gasteiger partial charge in [-0.1, -0.05) is 33.2 Å². The summed E-state index contributed by atoms with van der Waals surface area (Å²) in [5, 5.41) is 8.25. The number of halogens is 1. The van der Waals surface area contributed by atoms with Crippen molar-refractivity contribution in [1.82, 2.24) is 19.9 Å². The zero-order valence-electron chi connectivity index (χ0n) is 12.1. The van der Waals surface area contributed by atoms with Gasteiger partial charge in [0.05, 0.1) is 6.42 Å². The Morgan fingerprint density at radius 2 is 2.05 bits per heavy atom. The minimum atomic E-state index is 0.356. The fourth-order valence-electron chi connectivity index (χ4n) is 2.77. The van der Waals surface area contributed by atoms with Crippen molar-refractivity contribution < 1.29 is 4.52 Å². The summed E-state index contributed by atoms with van der Waals surface area (Å²) in [6.45, 7) is 0. The van der Waals surface area contributed by atoms with Gasteiger partial charge in [0.25, 0.3) is 0 Å². The second-order valence-corrected chi connectivity index (χ2v) is 6.59. The molecular weight excluding hydrogens is 344 g/mol. The first kappa shape index (κ1) is 13.7. The van der Waals surface area contributed by atoms with Gasteiger partial charge in [0.1, 0.15) is 0 Å². The average Bonchev–Trinajstić information content (AvgIpc) is 3.00. The van der Waals surface area contributed by atoms with Crippen LogP contribution in [0.5, 0.6) is 0 Å². The summed E-state index contributed by atoms with van der Waals surface area (Å²) in [7, 11) is 1.92. The molecule has 6 heteroatoms. The molecule has 22 heavy (non-hydrogen) atoms. The molecule has 2 heterocycles. The Morgan fingerprint density at radius 3 is 2.77 bits per heavy atom. The molecule has 4 rings (SSSR count). The Balaban J connectivity index is 1.47. The first-order valence-electron chi connectivity index (χ1n) is 7.25. The predicted octanol–water partition coefficient (Wildman–Crippen LogP) is 3.43. The summed E-state index contributed by atoms with van der Waals surface area (Å²) >= 11 is 3.46. The third-order valence-corrected chi connectivity index (χ3v) is 4.68. The van der Waals surface area contributed by atoms with E-state index in [-0.39, 0.29) is 0 Å². The van der Waals surface area contributed by atoms with Crippen LogP contribution in [0.2, 0.25) is 0 Å². The van der Waals surface area contributed by atoms with Crippen LogP contribution in [0.25, 0.3) is 0 Å². The van der Waals surface area contributed by atoms with E-state index in [1.807, 2.05) is 17.8 Å². The van der Waals surface area contributed by atoms with Crippen molar-refractivity contribution in [2.75, 3.05) is 0 Å². The van der Waals surface area contributed by atoms with Crippen LogP contribution in [0, 0.1) is 0 Å². The molecule has 0 saturated heterocycles. The summed E-state index contributed by atoms with van der Waals surface area (Å²) in [5.41, 5.74) is 2.41. The summed E-state index contributed by atoms with van der Waals surface area (Å²) in [4.78, 5) is 4.55. The Hall–Kier alpha value is -1.95. The van der Waals surface area contributed by atoms with E-state index in [0.717, 1.165) is 28.3 Å². The molecule has 0 unspecified atom stereocenters. The third-order valence-electron chi connectivity index (χ3n) is 4.15. The maximum Gasteiger partial charge on any atom is 0.230 e. The summed E-state index contributed by atoms with van der Waals surface area (Å²) in [6.07, 6.45) is 3.51. The van der Waals surface area contributed by atoms with Crippen LogP contribution in [0.15, 0.2) is 45.5 Å². The summed E-state index contributed by atoms with van der Waals surface area (Å²) in [6, 6.07) is 10.4. The Morgan fingerprint density at radius 1 is 1.23 bits per heavy atom. The van der Waals surface area contributed by atoms with E-state index < -0.39 is 0 Å². The lowest BCUT2D eigenvalue weighted by molar-refractivity contribution is 0.373. The largest absolute Gasteiger partial charge is 0.339 e. The zero-order chi connectivity index (χ0) is 15.1. The Kier molecular flexibility index (Phi) is 3.33. The molecule has 0 N–H and O–H groups in total. The molecule has 0 bridgehead atoms. The molecule has 0 spiro atoms. The van der Waals surface area contributed by atoms with Gasteiger partial charge >= 0.3 is 0 Å². The normalized spacial score (nSPS) is 20.3. The highest BCUT2D eigenvalue weighted by atomic mass is 79.9. The molecule has 2 aromatic heterocycles. The summed E-state index contributed by atoms with van der Waals surface area (Å²) < 4.78 is 8.39. The highest BCUT2D eigenvalue weighted by Crippen LogP contribution is 2.54. The molecule has 112 valence electrons. The second-order valence-electron chi connectivity index (χ2n) is 5.67. The topological polar surface area (TPSA) is 56.7 Å². The SMILES string of the molecule is Cn1nccc1Cc1noc([C@@H]2C[C@H]2c2ccc(Br)cc2)n1. The highest BCUT2D eigenvalue weighted by Gasteiger charge is 2.43. The van der Waals surface area contributed by atoms with Gasteiger partial charge in [-0.2, -0.15) is 10.1 Å². The maximum absolute atomic E-state index is 5.45. The minimum Gasteiger partial charge on any atom is -0.339 e. The fraction of sp³-hybridized carbons (Fsp3) is 0.312. The summed E-state index contributed by atoms with van der Waals surface area (Å²) in [5.74, 6) is 2.33. The first-order valence-corrected chi connectivity index (χ1v) is 8.05. The van der Waals surface area contributed by atoms with Crippen LogP contribution < -0.4 is 0 Å². The molecule has 1 fully saturated rings. The van der Waals surface area contributed by atoms with E-state index in [0.29, 0.717) is 18.3 Å². The predicted molar refractivity (Wildman–Crippen MR) is 84.6 cm³/mol. The van der Waals surface area contributed by atoms with Crippen LogP contribution in [0.3, 0.4) is 0 Å². The molecule has 5 nitrogen and oxygen atoms in total. The highest BCUT2D eigenvalue weighted by molar-refractivity contribution is 9.10. The second kappa shape index (κ2) is 5.35. The third kappa shape index (κ3) is 2.59. The number of benzene rings is 1. The van der Waals surface area contributed by atoms with Gasteiger partial charge < -0.3 is 4.52 Å². The molecule has 1 aliphatic carbocycles. The molecule has 1 saturated carbocycles. The van der Waals surface area contributed by atoms with Crippen LogP contribution >= 0.6 is 15.9 Å². The van der Waals surface area contributed by atoms with Gasteiger partial charge in [0.2, 0.25) is 5.89 Å². The molecule has 1 aliphatic rings. The van der Waals surface area contributed by atoms with E-state index in [2.05, 4.69) is 55.4 Å². The van der Waals surface area contributed by atoms with Gasteiger partial charge in [-0.25, -0.2) is 0 Å². The number of aromatic nitrogens is 4. The zero-order valence-corrected chi connectivity index (χ0v) is 13.7. The Labute approximate surface area is 136 Å². The number of rotatable bonds is 4. The molecule has 0 amide bonds. The van der Waals surface area contributed by atoms with Crippen molar-refractivity contribution in [2.45, 2.75) is 24.7 Å². The Bertz CT molecular complexity index is 793. The van der Waals surface area contributed by atoms with E-state index in [1.165, 1.54) is 5.56 Å². The van der Waals surface area contributed by atoms with Gasteiger partial charge in [0.15, 0.2) is 5.82 Å². The standard InChI is InChI=1S/C16H15BrN4O/c1-21-12(6-7-18-21)8-15-19-16(22-20-15)14-9-13(14)10-2-4-11(17)5-3-10/h2-7,13-14H,8-9H2,1H3/t13-,14+/m0/s1. The van der Waals surface area contributed by atoms with Gasteiger partial charge in [-0.3, -0.25) is 4.68 Å². The lowest BCUT2D eigenvalue weighted by Crippen LogP contribution is -2.00. The van der Waals surface area contributed by atoms with E-state index in [9.17, 15) is 0 Å². The van der Waals surface area contributed by atoms with Crippen molar-refractivity contribution in [3.05, 3.63) is 64.0 Å². The van der Waals surface area contributed by atoms with Crippen molar-refractivity contribution in [3.8, 4) is 0 Å². The van der Waals surface area contributed by atoms with Crippen molar-refractivity contribution >= 4 is 15.9 Å². The maximum atomic E-state index is 5.45. The number of aryl methyl sites for hydroxylation is 1. The number of hydrogen-bond acceptors (Lipinski definition) is 4. The van der Waals surface area contributed by atoms with Crippen LogP contribution in [0.4, 0.5) is 0 Å². The van der Waals surface area contributed by atoms with Crippen molar-refractivity contribution in [1.29, 1.82) is 0 Å². The molecule has 0 aliphatic heterocycles. The number of nitrogens with zero attached hydrogens (tertiary/aromatic N) is 4. The molecular formula is C16H15BrN4O. The monoisotopic (exact) mass is 358 g/mol. The average molecular weight is 359 g/mol. The quantitative estimate of drug-likeness (QED) is 0.716. The molecule has 3 aromatic rings. The molecule has 2 atom stereocenters. The van der Waals surface area contributed by atoms with Crippen molar-refractivity contribution in [2.24, 2.45) is 7.05 Å². The lowest BCUT2D eigenvalue weighted by Gasteiger charge is -1.98. The molecule has 0 radical (unpaired) electrons. The van der Waals surface area contributed by atoms with E-state index >= 15 is 0 Å². The van der Waals surface area contributed by atoms with Crippen molar-refractivity contribution in [3.63, 3.8) is 0 Å². The van der Waals surface area contributed by atoms with E-state index in [1.54, 1.807) is 6.20 Å². The van der Waals surface area contributed by atoms with Gasteiger partial charge in [0, 0.05) is 29.3 Å². The smallest absolute Gasteiger partial charge is 0.230 e. The molecule has 1 aromatic carbocycles. The first-order chi connectivity index (χ1) is 10.7. The minimum absolute atomic E-state index is 0.356. The van der Waals surface area contributed by atoms with Crippen LogP contribution in [-0.4, -0.2) is 19.9 Å². The number of hydrogen-bond donors (Lipinski definition) is 0. The van der Waals surface area contributed by atoms with E-state index in [4.69, 9.17) is 4.52 Å². The fourth-order valence-corrected chi connectivity index (χ4v) is 3.04. The van der Waals surface area contributed by atoms with Gasteiger partial charge in [-0.05, 0) is 36.1 Å². The lowest BCUT2D eigenvalue weighted by atomic mass is 10.1. The van der Waals surface area contributed by atoms with Crippen LogP contribution in [0.1, 0.15) is 41.2 Å².